The number of nitrogens with zero attached hydrogens (tertiary/aromatic N) is 3. The Bertz CT molecular complexity index is 1230. The quantitative estimate of drug-likeness (QED) is 0.364. The summed E-state index contributed by atoms with van der Waals surface area (Å²) in [6.45, 7) is 0.433. The first-order valence-electron chi connectivity index (χ1n) is 10.3. The van der Waals surface area contributed by atoms with Crippen LogP contribution >= 0.6 is 11.3 Å². The smallest absolute Gasteiger partial charge is 0.359 e. The second-order valence-corrected chi connectivity index (χ2v) is 9.07. The Hall–Kier alpha value is -2.98. The van der Waals surface area contributed by atoms with Crippen LogP contribution in [0, 0.1) is 0 Å². The van der Waals surface area contributed by atoms with Gasteiger partial charge in [-0.1, -0.05) is 23.5 Å². The molecule has 4 aromatic rings. The zero-order valence-corrected chi connectivity index (χ0v) is 17.8. The van der Waals surface area contributed by atoms with E-state index in [9.17, 15) is 13.2 Å². The van der Waals surface area contributed by atoms with Crippen LogP contribution in [0.3, 0.4) is 0 Å². The molecular formula is C22H21F3N6S. The minimum Gasteiger partial charge on any atom is -0.359 e. The van der Waals surface area contributed by atoms with E-state index < -0.39 is 11.7 Å². The largest absolute Gasteiger partial charge is 0.416 e. The van der Waals surface area contributed by atoms with Gasteiger partial charge in [0.1, 0.15) is 5.01 Å². The van der Waals surface area contributed by atoms with Crippen LogP contribution in [0.1, 0.15) is 35.6 Å². The lowest BCUT2D eigenvalue weighted by atomic mass is 10.0. The first kappa shape index (κ1) is 20.9. The number of hydrogen-bond acceptors (Lipinski definition) is 6. The number of halogens is 3. The molecule has 0 aliphatic heterocycles. The fourth-order valence-corrected chi connectivity index (χ4v) is 4.43. The van der Waals surface area contributed by atoms with Crippen LogP contribution in [-0.4, -0.2) is 33.0 Å². The summed E-state index contributed by atoms with van der Waals surface area (Å²) < 4.78 is 38.0. The van der Waals surface area contributed by atoms with Gasteiger partial charge in [0.05, 0.1) is 11.1 Å². The lowest BCUT2D eigenvalue weighted by Crippen LogP contribution is -2.31. The first-order chi connectivity index (χ1) is 15.4. The highest BCUT2D eigenvalue weighted by molar-refractivity contribution is 7.18. The molecule has 2 aromatic heterocycles. The van der Waals surface area contributed by atoms with Crippen molar-refractivity contribution >= 4 is 27.4 Å². The molecule has 1 fully saturated rings. The maximum atomic E-state index is 12.7. The number of rotatable bonds is 7. The third-order valence-corrected chi connectivity index (χ3v) is 6.47. The number of H-pyrrole nitrogens is 1. The summed E-state index contributed by atoms with van der Waals surface area (Å²) >= 11 is 1.44. The average molecular weight is 459 g/mol. The van der Waals surface area contributed by atoms with Gasteiger partial charge in [-0.2, -0.15) is 18.3 Å². The minimum atomic E-state index is -4.33. The van der Waals surface area contributed by atoms with Gasteiger partial charge in [-0.15, -0.1) is 10.2 Å². The van der Waals surface area contributed by atoms with Gasteiger partial charge < -0.3 is 11.1 Å². The van der Waals surface area contributed by atoms with Crippen molar-refractivity contribution in [2.45, 2.75) is 37.4 Å². The Kier molecular flexibility index (Phi) is 5.34. The summed E-state index contributed by atoms with van der Waals surface area (Å²) in [7, 11) is 0. The lowest BCUT2D eigenvalue weighted by molar-refractivity contribution is -0.137. The standard InChI is InChI=1S/C22H21F3N6S/c23-22(24,25)15-6-1-12(2-7-15)9-16(26)11-27-21-31-30-20(32-21)14-5-8-18-17(10-14)19(29-28-18)13-3-4-13/h1-2,5-8,10,13,16H,3-4,9,11,26H2,(H,27,31)(H,28,29)/t16-/m1/s1. The number of fused-ring (bicyclic) bond motifs is 1. The molecule has 5 rings (SSSR count). The monoisotopic (exact) mass is 458 g/mol. The number of aromatic amines is 1. The first-order valence-corrected chi connectivity index (χ1v) is 11.2. The maximum absolute atomic E-state index is 12.7. The highest BCUT2D eigenvalue weighted by Crippen LogP contribution is 2.42. The number of alkyl halides is 3. The van der Waals surface area contributed by atoms with E-state index in [2.05, 4.69) is 31.8 Å². The van der Waals surface area contributed by atoms with E-state index >= 15 is 0 Å². The van der Waals surface area contributed by atoms with E-state index in [-0.39, 0.29) is 6.04 Å². The molecule has 166 valence electrons. The molecule has 1 saturated carbocycles. The second kappa shape index (κ2) is 8.18. The molecule has 10 heteroatoms. The van der Waals surface area contributed by atoms with Crippen molar-refractivity contribution in [3.8, 4) is 10.6 Å². The Morgan fingerprint density at radius 2 is 1.91 bits per heavy atom. The van der Waals surface area contributed by atoms with E-state index in [0.717, 1.165) is 39.2 Å². The molecule has 6 nitrogen and oxygen atoms in total. The predicted octanol–water partition coefficient (Wildman–Crippen LogP) is 4.96. The van der Waals surface area contributed by atoms with E-state index in [1.807, 2.05) is 12.1 Å². The van der Waals surface area contributed by atoms with Crippen molar-refractivity contribution in [3.63, 3.8) is 0 Å². The third kappa shape index (κ3) is 4.46. The topological polar surface area (TPSA) is 92.5 Å². The summed E-state index contributed by atoms with van der Waals surface area (Å²) in [6.07, 6.45) is -1.49. The molecule has 1 aliphatic carbocycles. The summed E-state index contributed by atoms with van der Waals surface area (Å²) in [4.78, 5) is 0. The van der Waals surface area contributed by atoms with Gasteiger partial charge in [0.15, 0.2) is 0 Å². The predicted molar refractivity (Wildman–Crippen MR) is 119 cm³/mol. The van der Waals surface area contributed by atoms with Crippen LogP contribution in [-0.2, 0) is 12.6 Å². The summed E-state index contributed by atoms with van der Waals surface area (Å²) in [5, 5.41) is 21.8. The fourth-order valence-electron chi connectivity index (χ4n) is 3.68. The molecule has 32 heavy (non-hydrogen) atoms. The molecule has 1 aliphatic rings. The fraction of sp³-hybridized carbons (Fsp3) is 0.318. The highest BCUT2D eigenvalue weighted by Gasteiger charge is 2.30. The van der Waals surface area contributed by atoms with Crippen LogP contribution in [0.25, 0.3) is 21.5 Å². The van der Waals surface area contributed by atoms with E-state index in [0.29, 0.717) is 24.0 Å². The van der Waals surface area contributed by atoms with Gasteiger partial charge in [0.2, 0.25) is 5.13 Å². The number of aromatic nitrogens is 4. The molecule has 0 radical (unpaired) electrons. The number of anilines is 1. The molecule has 0 saturated heterocycles. The van der Waals surface area contributed by atoms with Crippen LogP contribution in [0.15, 0.2) is 42.5 Å². The number of nitrogens with one attached hydrogen (secondary N) is 2. The normalized spacial score (nSPS) is 15.2. The molecular weight excluding hydrogens is 437 g/mol. The molecule has 1 atom stereocenters. The zero-order chi connectivity index (χ0) is 22.3. The third-order valence-electron chi connectivity index (χ3n) is 5.54. The average Bonchev–Trinajstić information content (AvgIpc) is 3.34. The van der Waals surface area contributed by atoms with E-state index in [1.165, 1.54) is 42.0 Å². The van der Waals surface area contributed by atoms with Gasteiger partial charge in [-0.25, -0.2) is 0 Å². The van der Waals surface area contributed by atoms with Crippen molar-refractivity contribution in [3.05, 3.63) is 59.3 Å². The Labute approximate surface area is 186 Å². The summed E-state index contributed by atoms with van der Waals surface area (Å²) in [5.41, 5.74) is 9.38. The Morgan fingerprint density at radius 1 is 1.12 bits per heavy atom. The number of benzene rings is 2. The molecule has 0 bridgehead atoms. The second-order valence-electron chi connectivity index (χ2n) is 8.10. The molecule has 0 unspecified atom stereocenters. The molecule has 2 aromatic carbocycles. The van der Waals surface area contributed by atoms with Gasteiger partial charge in [-0.3, -0.25) is 5.10 Å². The van der Waals surface area contributed by atoms with Crippen LogP contribution in [0.4, 0.5) is 18.3 Å². The van der Waals surface area contributed by atoms with Crippen molar-refractivity contribution in [2.24, 2.45) is 5.73 Å². The van der Waals surface area contributed by atoms with Gasteiger partial charge in [0, 0.05) is 35.1 Å². The number of hydrogen-bond donors (Lipinski definition) is 3. The van der Waals surface area contributed by atoms with E-state index in [4.69, 9.17) is 5.73 Å². The zero-order valence-electron chi connectivity index (χ0n) is 17.0. The minimum absolute atomic E-state index is 0.275. The van der Waals surface area contributed by atoms with Crippen molar-refractivity contribution in [1.82, 2.24) is 20.4 Å². The number of nitrogens with two attached hydrogens (primary N) is 1. The van der Waals surface area contributed by atoms with Crippen LogP contribution in [0.5, 0.6) is 0 Å². The SMILES string of the molecule is N[C@@H](CNc1nnc(-c2ccc3n[nH]c(C4CC4)c3c2)s1)Cc1ccc(C(F)(F)F)cc1. The Morgan fingerprint density at radius 3 is 2.62 bits per heavy atom. The summed E-state index contributed by atoms with van der Waals surface area (Å²) in [5.74, 6) is 0.577. The van der Waals surface area contributed by atoms with Crippen molar-refractivity contribution in [2.75, 3.05) is 11.9 Å². The van der Waals surface area contributed by atoms with Gasteiger partial charge in [-0.05, 0) is 55.2 Å². The lowest BCUT2D eigenvalue weighted by Gasteiger charge is -2.13. The van der Waals surface area contributed by atoms with E-state index in [1.54, 1.807) is 0 Å². The van der Waals surface area contributed by atoms with Gasteiger partial charge in [0.25, 0.3) is 0 Å². The Balaban J connectivity index is 1.21. The highest BCUT2D eigenvalue weighted by atomic mass is 32.1. The van der Waals surface area contributed by atoms with Crippen molar-refractivity contribution in [1.29, 1.82) is 0 Å². The van der Waals surface area contributed by atoms with Crippen molar-refractivity contribution < 1.29 is 13.2 Å². The molecule has 4 N–H and O–H groups in total. The summed E-state index contributed by atoms with van der Waals surface area (Å²) in [6, 6.07) is 10.9. The maximum Gasteiger partial charge on any atom is 0.416 e. The van der Waals surface area contributed by atoms with Crippen LogP contribution < -0.4 is 11.1 Å². The molecule has 2 heterocycles. The van der Waals surface area contributed by atoms with Gasteiger partial charge >= 0.3 is 6.18 Å². The molecule has 0 amide bonds. The molecule has 0 spiro atoms. The van der Waals surface area contributed by atoms with Crippen LogP contribution in [0.2, 0.25) is 0 Å².